The number of amides is 1. The summed E-state index contributed by atoms with van der Waals surface area (Å²) >= 11 is 5.34. The molecule has 0 aromatic heterocycles. The van der Waals surface area contributed by atoms with Gasteiger partial charge >= 0.3 is 0 Å². The maximum absolute atomic E-state index is 13.4. The molecule has 4 nitrogen and oxygen atoms in total. The van der Waals surface area contributed by atoms with Crippen molar-refractivity contribution in [3.05, 3.63) is 83.3 Å². The molecule has 0 saturated heterocycles. The molecule has 4 rings (SSSR count). The van der Waals surface area contributed by atoms with Crippen molar-refractivity contribution < 1.29 is 13.2 Å². The minimum absolute atomic E-state index is 0.133. The summed E-state index contributed by atoms with van der Waals surface area (Å²) in [6.45, 7) is 1.90. The molecule has 0 radical (unpaired) electrons. The highest BCUT2D eigenvalue weighted by atomic mass is 79.9. The number of alkyl halides is 1. The van der Waals surface area contributed by atoms with Crippen molar-refractivity contribution in [2.75, 3.05) is 0 Å². The molecule has 2 aliphatic rings. The van der Waals surface area contributed by atoms with Gasteiger partial charge in [0.2, 0.25) is 0 Å². The molecule has 2 aromatic rings. The first-order chi connectivity index (χ1) is 13.8. The lowest BCUT2D eigenvalue weighted by Gasteiger charge is -2.46. The third-order valence-corrected chi connectivity index (χ3v) is 9.75. The number of hydrogen-bond donors (Lipinski definition) is 0. The summed E-state index contributed by atoms with van der Waals surface area (Å²) in [4.78, 5) is 15.1. The Morgan fingerprint density at radius 2 is 1.76 bits per heavy atom. The average Bonchev–Trinajstić information content (AvgIpc) is 2.70. The number of nitrogens with zero attached hydrogens (tertiary/aromatic N) is 1. The van der Waals surface area contributed by atoms with E-state index in [4.69, 9.17) is 0 Å². The average molecular weight is 490 g/mol. The number of rotatable bonds is 4. The van der Waals surface area contributed by atoms with Crippen molar-refractivity contribution in [2.45, 2.75) is 39.9 Å². The van der Waals surface area contributed by atoms with Crippen LogP contribution in [0.15, 0.2) is 87.5 Å². The summed E-state index contributed by atoms with van der Waals surface area (Å²) in [5.74, 6) is -0.501. The van der Waals surface area contributed by atoms with E-state index < -0.39 is 26.3 Å². The lowest BCUT2D eigenvalue weighted by atomic mass is 9.86. The lowest BCUT2D eigenvalue weighted by Crippen LogP contribution is -2.57. The Morgan fingerprint density at radius 1 is 1.07 bits per heavy atom. The first-order valence-corrected chi connectivity index (χ1v) is 12.3. The molecule has 7 heteroatoms. The Bertz CT molecular complexity index is 1090. The SMILES string of the molecule is Cc1ccc(S(=O)(=O)N2C(=O)C=C(Sc3ccccc3)[C@]3(Br)CC=CC[C@H]23)cc1. The Hall–Kier alpha value is -1.83. The van der Waals surface area contributed by atoms with Crippen LogP contribution in [0.5, 0.6) is 0 Å². The molecule has 2 aromatic carbocycles. The van der Waals surface area contributed by atoms with E-state index >= 15 is 0 Å². The predicted octanol–water partition coefficient (Wildman–Crippen LogP) is 5.05. The van der Waals surface area contributed by atoms with Gasteiger partial charge in [0.25, 0.3) is 15.9 Å². The van der Waals surface area contributed by atoms with Crippen molar-refractivity contribution in [1.82, 2.24) is 4.31 Å². The van der Waals surface area contributed by atoms with E-state index in [0.717, 1.165) is 19.7 Å². The molecule has 1 amide bonds. The summed E-state index contributed by atoms with van der Waals surface area (Å²) in [6.07, 6.45) is 6.53. The van der Waals surface area contributed by atoms with E-state index in [1.54, 1.807) is 24.3 Å². The van der Waals surface area contributed by atoms with Gasteiger partial charge in [-0.15, -0.1) is 0 Å². The predicted molar refractivity (Wildman–Crippen MR) is 119 cm³/mol. The van der Waals surface area contributed by atoms with Gasteiger partial charge < -0.3 is 0 Å². The van der Waals surface area contributed by atoms with E-state index in [1.807, 2.05) is 49.4 Å². The highest BCUT2D eigenvalue weighted by Crippen LogP contribution is 2.51. The Balaban J connectivity index is 1.78. The number of thioether (sulfide) groups is 1. The fraction of sp³-hybridized carbons (Fsp3) is 0.227. The molecule has 1 aliphatic carbocycles. The van der Waals surface area contributed by atoms with Crippen LogP contribution >= 0.6 is 27.7 Å². The van der Waals surface area contributed by atoms with Gasteiger partial charge in [0.1, 0.15) is 0 Å². The molecule has 0 N–H and O–H groups in total. The minimum Gasteiger partial charge on any atom is -0.269 e. The number of aryl methyl sites for hydroxylation is 1. The zero-order valence-electron chi connectivity index (χ0n) is 15.8. The maximum atomic E-state index is 13.4. The van der Waals surface area contributed by atoms with Gasteiger partial charge in [0.05, 0.1) is 15.3 Å². The molecule has 0 bridgehead atoms. The summed E-state index contributed by atoms with van der Waals surface area (Å²) in [5, 5.41) is 0. The standard InChI is InChI=1S/C22H20BrNO3S2/c1-16-10-12-18(13-11-16)29(26,27)24-19-9-5-6-14-22(19,23)20(15-21(24)25)28-17-7-3-2-4-8-17/h2-8,10-13,15,19H,9,14H2,1H3/t19-,22-/m0/s1. The number of carbonyl (C=O) groups excluding carboxylic acids is 1. The maximum Gasteiger partial charge on any atom is 0.267 e. The van der Waals surface area contributed by atoms with Crippen molar-refractivity contribution in [3.63, 3.8) is 0 Å². The van der Waals surface area contributed by atoms with Crippen molar-refractivity contribution in [3.8, 4) is 0 Å². The first kappa shape index (κ1) is 20.4. The molecule has 0 saturated carbocycles. The van der Waals surface area contributed by atoms with Gasteiger partial charge in [0, 0.05) is 15.9 Å². The molecular formula is C22H20BrNO3S2. The molecule has 0 fully saturated rings. The minimum atomic E-state index is -3.97. The summed E-state index contributed by atoms with van der Waals surface area (Å²) in [7, 11) is -3.97. The zero-order chi connectivity index (χ0) is 20.6. The monoisotopic (exact) mass is 489 g/mol. The summed E-state index contributed by atoms with van der Waals surface area (Å²) < 4.78 is 27.2. The second-order valence-electron chi connectivity index (χ2n) is 7.17. The van der Waals surface area contributed by atoms with Crippen LogP contribution in [0.3, 0.4) is 0 Å². The van der Waals surface area contributed by atoms with Crippen molar-refractivity contribution in [1.29, 1.82) is 0 Å². The van der Waals surface area contributed by atoms with Crippen LogP contribution in [0.1, 0.15) is 18.4 Å². The second kappa shape index (κ2) is 7.78. The fourth-order valence-electron chi connectivity index (χ4n) is 3.64. The summed E-state index contributed by atoms with van der Waals surface area (Å²) in [5.41, 5.74) is 0.964. The molecule has 2 atom stereocenters. The topological polar surface area (TPSA) is 54.5 Å². The van der Waals surface area contributed by atoms with Crippen LogP contribution in [0.2, 0.25) is 0 Å². The van der Waals surface area contributed by atoms with Gasteiger partial charge in [-0.25, -0.2) is 12.7 Å². The van der Waals surface area contributed by atoms with Gasteiger partial charge in [-0.2, -0.15) is 0 Å². The largest absolute Gasteiger partial charge is 0.269 e. The first-order valence-electron chi connectivity index (χ1n) is 9.26. The number of benzene rings is 2. The smallest absolute Gasteiger partial charge is 0.267 e. The zero-order valence-corrected chi connectivity index (χ0v) is 19.0. The number of hydrogen-bond acceptors (Lipinski definition) is 4. The van der Waals surface area contributed by atoms with Gasteiger partial charge in [-0.3, -0.25) is 4.79 Å². The van der Waals surface area contributed by atoms with Gasteiger partial charge in [-0.05, 0) is 44.0 Å². The number of fused-ring (bicyclic) bond motifs is 1. The quantitative estimate of drug-likeness (QED) is 0.445. The van der Waals surface area contributed by atoms with Crippen LogP contribution < -0.4 is 0 Å². The Morgan fingerprint density at radius 3 is 2.45 bits per heavy atom. The number of allylic oxidation sites excluding steroid dienone is 1. The van der Waals surface area contributed by atoms with Crippen molar-refractivity contribution >= 4 is 43.6 Å². The normalized spacial score (nSPS) is 24.2. The highest BCUT2D eigenvalue weighted by molar-refractivity contribution is 9.10. The third-order valence-electron chi connectivity index (χ3n) is 5.18. The van der Waals surface area contributed by atoms with Crippen LogP contribution in [-0.2, 0) is 14.8 Å². The Kier molecular flexibility index (Phi) is 5.48. The van der Waals surface area contributed by atoms with Crippen LogP contribution in [-0.4, -0.2) is 29.0 Å². The van der Waals surface area contributed by atoms with E-state index in [-0.39, 0.29) is 4.90 Å². The van der Waals surface area contributed by atoms with E-state index in [9.17, 15) is 13.2 Å². The summed E-state index contributed by atoms with van der Waals surface area (Å²) in [6, 6.07) is 15.9. The molecular weight excluding hydrogens is 470 g/mol. The molecule has 150 valence electrons. The number of carbonyl (C=O) groups is 1. The third kappa shape index (κ3) is 3.71. The van der Waals surface area contributed by atoms with Crippen LogP contribution in [0.25, 0.3) is 0 Å². The van der Waals surface area contributed by atoms with Gasteiger partial charge in [0.15, 0.2) is 0 Å². The molecule has 29 heavy (non-hydrogen) atoms. The van der Waals surface area contributed by atoms with E-state index in [0.29, 0.717) is 12.8 Å². The van der Waals surface area contributed by atoms with Gasteiger partial charge in [-0.1, -0.05) is 75.7 Å². The van der Waals surface area contributed by atoms with Crippen molar-refractivity contribution in [2.24, 2.45) is 0 Å². The highest BCUT2D eigenvalue weighted by Gasteiger charge is 2.52. The second-order valence-corrected chi connectivity index (χ2v) is 11.5. The number of sulfonamides is 1. The van der Waals surface area contributed by atoms with Crippen LogP contribution in [0, 0.1) is 6.92 Å². The molecule has 1 heterocycles. The molecule has 0 unspecified atom stereocenters. The number of halogens is 1. The van der Waals surface area contributed by atoms with Crippen LogP contribution in [0.4, 0.5) is 0 Å². The van der Waals surface area contributed by atoms with E-state index in [2.05, 4.69) is 15.9 Å². The Labute approximate surface area is 183 Å². The molecule has 0 spiro atoms. The van der Waals surface area contributed by atoms with E-state index in [1.165, 1.54) is 17.8 Å². The lowest BCUT2D eigenvalue weighted by molar-refractivity contribution is -0.124. The fourth-order valence-corrected chi connectivity index (χ4v) is 7.40. The molecule has 1 aliphatic heterocycles.